The van der Waals surface area contributed by atoms with E-state index in [9.17, 15) is 0 Å². The molecule has 0 bridgehead atoms. The maximum Gasteiger partial charge on any atom is 0.126 e. The minimum absolute atomic E-state index is 0.389. The highest BCUT2D eigenvalue weighted by Gasteiger charge is 2.29. The molecule has 1 aromatic rings. The van der Waals surface area contributed by atoms with E-state index < -0.39 is 0 Å². The number of nitrogens with two attached hydrogens (primary N) is 1. The Labute approximate surface area is 135 Å². The highest BCUT2D eigenvalue weighted by Crippen LogP contribution is 2.41. The van der Waals surface area contributed by atoms with Gasteiger partial charge < -0.3 is 15.2 Å². The molecule has 124 valence electrons. The first kappa shape index (κ1) is 17.1. The summed E-state index contributed by atoms with van der Waals surface area (Å²) in [5, 5.41) is 0. The van der Waals surface area contributed by atoms with E-state index in [4.69, 9.17) is 15.2 Å². The van der Waals surface area contributed by atoms with Gasteiger partial charge in [-0.05, 0) is 56.7 Å². The molecule has 22 heavy (non-hydrogen) atoms. The van der Waals surface area contributed by atoms with E-state index in [1.807, 2.05) is 19.9 Å². The predicted molar refractivity (Wildman–Crippen MR) is 91.7 cm³/mol. The monoisotopic (exact) mass is 305 g/mol. The van der Waals surface area contributed by atoms with Crippen molar-refractivity contribution in [3.05, 3.63) is 23.8 Å². The summed E-state index contributed by atoms with van der Waals surface area (Å²) in [7, 11) is 0. The molecule has 0 radical (unpaired) electrons. The number of rotatable bonds is 7. The topological polar surface area (TPSA) is 44.5 Å². The maximum atomic E-state index is 6.16. The fourth-order valence-electron chi connectivity index (χ4n) is 3.78. The van der Waals surface area contributed by atoms with Crippen LogP contribution in [-0.2, 0) is 0 Å². The van der Waals surface area contributed by atoms with Gasteiger partial charge in [0.15, 0.2) is 0 Å². The number of benzene rings is 1. The molecule has 2 rings (SSSR count). The third-order valence-electron chi connectivity index (χ3n) is 4.80. The average molecular weight is 305 g/mol. The van der Waals surface area contributed by atoms with Gasteiger partial charge in [-0.15, -0.1) is 0 Å². The largest absolute Gasteiger partial charge is 0.494 e. The van der Waals surface area contributed by atoms with Crippen LogP contribution in [-0.4, -0.2) is 19.8 Å². The molecule has 0 heterocycles. The van der Waals surface area contributed by atoms with Crippen LogP contribution in [0.1, 0.15) is 57.9 Å². The molecule has 3 atom stereocenters. The Hall–Kier alpha value is -1.22. The smallest absolute Gasteiger partial charge is 0.126 e. The van der Waals surface area contributed by atoms with Gasteiger partial charge in [-0.1, -0.05) is 25.8 Å². The van der Waals surface area contributed by atoms with E-state index in [-0.39, 0.29) is 0 Å². The summed E-state index contributed by atoms with van der Waals surface area (Å²) in [5.41, 5.74) is 7.41. The molecule has 0 aliphatic heterocycles. The molecular formula is C19H31NO2. The summed E-state index contributed by atoms with van der Waals surface area (Å²) in [6.07, 6.45) is 5.24. The molecule has 0 amide bonds. The van der Waals surface area contributed by atoms with E-state index in [1.165, 1.54) is 31.2 Å². The molecule has 3 unspecified atom stereocenters. The van der Waals surface area contributed by atoms with Gasteiger partial charge >= 0.3 is 0 Å². The molecule has 1 aliphatic rings. The van der Waals surface area contributed by atoms with Crippen LogP contribution >= 0.6 is 0 Å². The first-order chi connectivity index (χ1) is 10.7. The molecule has 1 aromatic carbocycles. The Morgan fingerprint density at radius 2 is 1.95 bits per heavy atom. The van der Waals surface area contributed by atoms with Crippen LogP contribution in [0.4, 0.5) is 0 Å². The fraction of sp³-hybridized carbons (Fsp3) is 0.684. The predicted octanol–water partition coefficient (Wildman–Crippen LogP) is 4.35. The van der Waals surface area contributed by atoms with Gasteiger partial charge in [0, 0.05) is 12.0 Å². The molecule has 3 nitrogen and oxygen atoms in total. The molecule has 0 saturated heterocycles. The zero-order valence-electron chi connectivity index (χ0n) is 14.3. The number of hydrogen-bond acceptors (Lipinski definition) is 3. The van der Waals surface area contributed by atoms with Crippen molar-refractivity contribution in [2.45, 2.75) is 52.4 Å². The third kappa shape index (κ3) is 4.16. The van der Waals surface area contributed by atoms with Crippen LogP contribution in [0.2, 0.25) is 0 Å². The summed E-state index contributed by atoms with van der Waals surface area (Å²) in [5.74, 6) is 3.70. The normalized spacial score (nSPS) is 23.1. The lowest BCUT2D eigenvalue weighted by molar-refractivity contribution is 0.242. The molecule has 0 aromatic heterocycles. The number of ether oxygens (including phenoxy) is 2. The minimum atomic E-state index is 0.389. The van der Waals surface area contributed by atoms with Gasteiger partial charge in [0.05, 0.1) is 13.2 Å². The maximum absolute atomic E-state index is 6.16. The average Bonchev–Trinajstić information content (AvgIpc) is 2.51. The lowest BCUT2D eigenvalue weighted by Gasteiger charge is -2.33. The lowest BCUT2D eigenvalue weighted by Crippen LogP contribution is -2.26. The Bertz CT molecular complexity index is 461. The lowest BCUT2D eigenvalue weighted by atomic mass is 9.73. The van der Waals surface area contributed by atoms with Crippen molar-refractivity contribution < 1.29 is 9.47 Å². The zero-order valence-corrected chi connectivity index (χ0v) is 14.3. The molecule has 0 spiro atoms. The standard InChI is InChI=1S/C19H31NO2/c1-4-21-16-9-10-17(19(12-16)22-5-2)18(13-20)15-8-6-7-14(3)11-15/h9-10,12,14-15,18H,4-8,11,13,20H2,1-3H3. The molecule has 2 N–H and O–H groups in total. The Morgan fingerprint density at radius 3 is 2.59 bits per heavy atom. The van der Waals surface area contributed by atoms with E-state index in [1.54, 1.807) is 0 Å². The van der Waals surface area contributed by atoms with Gasteiger partial charge in [0.1, 0.15) is 11.5 Å². The van der Waals surface area contributed by atoms with Gasteiger partial charge in [0.25, 0.3) is 0 Å². The van der Waals surface area contributed by atoms with Crippen LogP contribution in [0.3, 0.4) is 0 Å². The van der Waals surface area contributed by atoms with Crippen molar-refractivity contribution in [2.24, 2.45) is 17.6 Å². The second-order valence-electron chi connectivity index (χ2n) is 6.44. The van der Waals surface area contributed by atoms with Crippen molar-refractivity contribution in [3.8, 4) is 11.5 Å². The van der Waals surface area contributed by atoms with E-state index in [0.717, 1.165) is 17.4 Å². The minimum Gasteiger partial charge on any atom is -0.494 e. The Balaban J connectivity index is 2.26. The van der Waals surface area contributed by atoms with Crippen LogP contribution < -0.4 is 15.2 Å². The second-order valence-corrected chi connectivity index (χ2v) is 6.44. The quantitative estimate of drug-likeness (QED) is 0.814. The second kappa shape index (κ2) is 8.42. The molecule has 1 aliphatic carbocycles. The summed E-state index contributed by atoms with van der Waals surface area (Å²) in [6.45, 7) is 8.41. The van der Waals surface area contributed by atoms with Gasteiger partial charge in [-0.3, -0.25) is 0 Å². The first-order valence-electron chi connectivity index (χ1n) is 8.79. The van der Waals surface area contributed by atoms with Crippen molar-refractivity contribution in [1.29, 1.82) is 0 Å². The molecule has 3 heteroatoms. The summed E-state index contributed by atoms with van der Waals surface area (Å²) in [6, 6.07) is 6.24. The Kier molecular flexibility index (Phi) is 6.56. The SMILES string of the molecule is CCOc1ccc(C(CN)C2CCCC(C)C2)c(OCC)c1. The van der Waals surface area contributed by atoms with Crippen molar-refractivity contribution >= 4 is 0 Å². The van der Waals surface area contributed by atoms with E-state index in [2.05, 4.69) is 19.1 Å². The van der Waals surface area contributed by atoms with Gasteiger partial charge in [-0.2, -0.15) is 0 Å². The van der Waals surface area contributed by atoms with E-state index >= 15 is 0 Å². The summed E-state index contributed by atoms with van der Waals surface area (Å²) >= 11 is 0. The summed E-state index contributed by atoms with van der Waals surface area (Å²) < 4.78 is 11.5. The first-order valence-corrected chi connectivity index (χ1v) is 8.79. The van der Waals surface area contributed by atoms with Crippen LogP contribution in [0.15, 0.2) is 18.2 Å². The van der Waals surface area contributed by atoms with Crippen molar-refractivity contribution in [1.82, 2.24) is 0 Å². The fourth-order valence-corrected chi connectivity index (χ4v) is 3.78. The van der Waals surface area contributed by atoms with Crippen LogP contribution in [0.5, 0.6) is 11.5 Å². The van der Waals surface area contributed by atoms with Gasteiger partial charge in [0.2, 0.25) is 0 Å². The molecule has 1 fully saturated rings. The third-order valence-corrected chi connectivity index (χ3v) is 4.80. The highest BCUT2D eigenvalue weighted by molar-refractivity contribution is 5.43. The van der Waals surface area contributed by atoms with Crippen molar-refractivity contribution in [3.63, 3.8) is 0 Å². The molecule has 1 saturated carbocycles. The highest BCUT2D eigenvalue weighted by atomic mass is 16.5. The summed E-state index contributed by atoms with van der Waals surface area (Å²) in [4.78, 5) is 0. The van der Waals surface area contributed by atoms with Crippen LogP contribution in [0, 0.1) is 11.8 Å². The van der Waals surface area contributed by atoms with Crippen molar-refractivity contribution in [2.75, 3.05) is 19.8 Å². The number of hydrogen-bond donors (Lipinski definition) is 1. The zero-order chi connectivity index (χ0) is 15.9. The van der Waals surface area contributed by atoms with Crippen LogP contribution in [0.25, 0.3) is 0 Å². The van der Waals surface area contributed by atoms with Gasteiger partial charge in [-0.25, -0.2) is 0 Å². The molecular weight excluding hydrogens is 274 g/mol. The Morgan fingerprint density at radius 1 is 1.18 bits per heavy atom. The van der Waals surface area contributed by atoms with E-state index in [0.29, 0.717) is 31.6 Å².